The molecule has 124 valence electrons. The van der Waals surface area contributed by atoms with E-state index < -0.39 is 10.0 Å². The molecule has 5 heteroatoms. The van der Waals surface area contributed by atoms with Gasteiger partial charge in [-0.2, -0.15) is 0 Å². The van der Waals surface area contributed by atoms with Crippen LogP contribution in [-0.4, -0.2) is 22.6 Å². The molecule has 0 fully saturated rings. The molecule has 0 saturated heterocycles. The Balaban J connectivity index is 2.22. The molecule has 0 amide bonds. The molecule has 0 N–H and O–H groups in total. The highest BCUT2D eigenvalue weighted by Crippen LogP contribution is 2.24. The molecule has 0 spiro atoms. The second-order valence-electron chi connectivity index (χ2n) is 5.42. The maximum atomic E-state index is 12.7. The SMILES string of the molecule is CCCCc1ccc(S(=O)(=O)N(C)c2ccc(OC)cc2)cc1. The van der Waals surface area contributed by atoms with Crippen LogP contribution in [0.1, 0.15) is 25.3 Å². The summed E-state index contributed by atoms with van der Waals surface area (Å²) in [4.78, 5) is 0.302. The molecule has 0 unspecified atom stereocenters. The van der Waals surface area contributed by atoms with Crippen LogP contribution in [-0.2, 0) is 16.4 Å². The smallest absolute Gasteiger partial charge is 0.264 e. The first-order valence-electron chi connectivity index (χ1n) is 7.71. The standard InChI is InChI=1S/C18H23NO3S/c1-4-5-6-15-7-13-18(14-8-15)23(20,21)19(2)16-9-11-17(22-3)12-10-16/h7-14H,4-6H2,1-3H3. The molecule has 2 aromatic rings. The van der Waals surface area contributed by atoms with Gasteiger partial charge in [0.15, 0.2) is 0 Å². The fourth-order valence-electron chi connectivity index (χ4n) is 2.30. The van der Waals surface area contributed by atoms with Gasteiger partial charge in [0.25, 0.3) is 10.0 Å². The molecule has 0 aliphatic carbocycles. The van der Waals surface area contributed by atoms with Gasteiger partial charge < -0.3 is 4.74 Å². The van der Waals surface area contributed by atoms with E-state index in [2.05, 4.69) is 6.92 Å². The van der Waals surface area contributed by atoms with Crippen LogP contribution in [0.15, 0.2) is 53.4 Å². The van der Waals surface area contributed by atoms with Crippen molar-refractivity contribution in [2.45, 2.75) is 31.1 Å². The highest BCUT2D eigenvalue weighted by atomic mass is 32.2. The molecular weight excluding hydrogens is 310 g/mol. The second-order valence-corrected chi connectivity index (χ2v) is 7.39. The summed E-state index contributed by atoms with van der Waals surface area (Å²) in [6, 6.07) is 14.1. The number of benzene rings is 2. The zero-order valence-corrected chi connectivity index (χ0v) is 14.6. The van der Waals surface area contributed by atoms with Crippen molar-refractivity contribution in [1.29, 1.82) is 0 Å². The number of unbranched alkanes of at least 4 members (excludes halogenated alkanes) is 1. The van der Waals surface area contributed by atoms with Gasteiger partial charge in [0, 0.05) is 7.05 Å². The first-order chi connectivity index (χ1) is 11.0. The first-order valence-corrected chi connectivity index (χ1v) is 9.15. The Labute approximate surface area is 138 Å². The molecule has 2 rings (SSSR count). The summed E-state index contributed by atoms with van der Waals surface area (Å²) < 4.78 is 31.8. The molecule has 0 saturated carbocycles. The van der Waals surface area contributed by atoms with Crippen LogP contribution in [0.2, 0.25) is 0 Å². The summed E-state index contributed by atoms with van der Waals surface area (Å²) in [6.07, 6.45) is 3.21. The van der Waals surface area contributed by atoms with Crippen molar-refractivity contribution in [3.8, 4) is 5.75 Å². The Morgan fingerprint density at radius 1 is 1.00 bits per heavy atom. The molecule has 0 atom stereocenters. The third-order valence-electron chi connectivity index (χ3n) is 3.84. The lowest BCUT2D eigenvalue weighted by Gasteiger charge is -2.20. The molecule has 4 nitrogen and oxygen atoms in total. The molecule has 0 heterocycles. The van der Waals surface area contributed by atoms with E-state index in [-0.39, 0.29) is 0 Å². The van der Waals surface area contributed by atoms with Crippen molar-refractivity contribution in [2.24, 2.45) is 0 Å². The monoisotopic (exact) mass is 333 g/mol. The number of hydrogen-bond donors (Lipinski definition) is 0. The topological polar surface area (TPSA) is 46.6 Å². The van der Waals surface area contributed by atoms with Gasteiger partial charge in [-0.3, -0.25) is 4.31 Å². The normalized spacial score (nSPS) is 11.3. The average molecular weight is 333 g/mol. The van der Waals surface area contributed by atoms with Crippen LogP contribution in [0.3, 0.4) is 0 Å². The molecule has 2 aromatic carbocycles. The number of sulfonamides is 1. The Bertz CT molecular complexity index is 722. The zero-order valence-electron chi connectivity index (χ0n) is 13.8. The number of aryl methyl sites for hydroxylation is 1. The Hall–Kier alpha value is -2.01. The lowest BCUT2D eigenvalue weighted by atomic mass is 10.1. The number of methoxy groups -OCH3 is 1. The van der Waals surface area contributed by atoms with Crippen LogP contribution in [0, 0.1) is 0 Å². The van der Waals surface area contributed by atoms with E-state index in [0.717, 1.165) is 24.8 Å². The highest BCUT2D eigenvalue weighted by molar-refractivity contribution is 7.92. The molecule has 0 aromatic heterocycles. The van der Waals surface area contributed by atoms with E-state index in [1.807, 2.05) is 12.1 Å². The Morgan fingerprint density at radius 2 is 1.61 bits per heavy atom. The quantitative estimate of drug-likeness (QED) is 0.773. The van der Waals surface area contributed by atoms with Crippen LogP contribution in [0.25, 0.3) is 0 Å². The van der Waals surface area contributed by atoms with Gasteiger partial charge in [-0.15, -0.1) is 0 Å². The van der Waals surface area contributed by atoms with E-state index in [1.54, 1.807) is 50.6 Å². The average Bonchev–Trinajstić information content (AvgIpc) is 2.59. The van der Waals surface area contributed by atoms with Crippen molar-refractivity contribution in [3.63, 3.8) is 0 Å². The summed E-state index contributed by atoms with van der Waals surface area (Å²) >= 11 is 0. The molecule has 0 aliphatic heterocycles. The van der Waals surface area contributed by atoms with Crippen LogP contribution >= 0.6 is 0 Å². The molecule has 0 radical (unpaired) electrons. The number of rotatable bonds is 7. The first kappa shape index (κ1) is 17.3. The lowest BCUT2D eigenvalue weighted by molar-refractivity contribution is 0.415. The Kier molecular flexibility index (Phi) is 5.66. The predicted molar refractivity (Wildman–Crippen MR) is 93.6 cm³/mol. The van der Waals surface area contributed by atoms with E-state index in [9.17, 15) is 8.42 Å². The van der Waals surface area contributed by atoms with Crippen molar-refractivity contribution >= 4 is 15.7 Å². The number of nitrogens with zero attached hydrogens (tertiary/aromatic N) is 1. The number of hydrogen-bond acceptors (Lipinski definition) is 3. The third kappa shape index (κ3) is 4.05. The predicted octanol–water partition coefficient (Wildman–Crippen LogP) is 3.86. The minimum absolute atomic E-state index is 0.302. The summed E-state index contributed by atoms with van der Waals surface area (Å²) in [6.45, 7) is 2.14. The van der Waals surface area contributed by atoms with Crippen molar-refractivity contribution in [2.75, 3.05) is 18.5 Å². The van der Waals surface area contributed by atoms with Crippen molar-refractivity contribution in [3.05, 3.63) is 54.1 Å². The van der Waals surface area contributed by atoms with E-state index in [1.165, 1.54) is 4.31 Å². The lowest BCUT2D eigenvalue weighted by Crippen LogP contribution is -2.26. The molecule has 0 bridgehead atoms. The maximum absolute atomic E-state index is 12.7. The van der Waals surface area contributed by atoms with Gasteiger partial charge in [-0.05, 0) is 54.8 Å². The number of anilines is 1. The Morgan fingerprint density at radius 3 is 2.13 bits per heavy atom. The molecular formula is C18H23NO3S. The zero-order chi connectivity index (χ0) is 16.9. The minimum Gasteiger partial charge on any atom is -0.497 e. The van der Waals surface area contributed by atoms with Crippen LogP contribution in [0.5, 0.6) is 5.75 Å². The van der Waals surface area contributed by atoms with E-state index >= 15 is 0 Å². The van der Waals surface area contributed by atoms with Gasteiger partial charge in [-0.1, -0.05) is 25.5 Å². The fraction of sp³-hybridized carbons (Fsp3) is 0.333. The summed E-state index contributed by atoms with van der Waals surface area (Å²) in [5, 5.41) is 0. The van der Waals surface area contributed by atoms with Crippen LogP contribution in [0.4, 0.5) is 5.69 Å². The van der Waals surface area contributed by atoms with E-state index in [0.29, 0.717) is 16.3 Å². The van der Waals surface area contributed by atoms with Gasteiger partial charge in [-0.25, -0.2) is 8.42 Å². The number of ether oxygens (including phenoxy) is 1. The summed E-state index contributed by atoms with van der Waals surface area (Å²) in [5.74, 6) is 0.694. The largest absolute Gasteiger partial charge is 0.497 e. The van der Waals surface area contributed by atoms with Crippen molar-refractivity contribution < 1.29 is 13.2 Å². The highest BCUT2D eigenvalue weighted by Gasteiger charge is 2.21. The maximum Gasteiger partial charge on any atom is 0.264 e. The van der Waals surface area contributed by atoms with Gasteiger partial charge in [0.1, 0.15) is 5.75 Å². The molecule has 0 aliphatic rings. The third-order valence-corrected chi connectivity index (χ3v) is 5.64. The second kappa shape index (κ2) is 7.51. The van der Waals surface area contributed by atoms with Crippen LogP contribution < -0.4 is 9.04 Å². The van der Waals surface area contributed by atoms with E-state index in [4.69, 9.17) is 4.74 Å². The molecule has 23 heavy (non-hydrogen) atoms. The van der Waals surface area contributed by atoms with Crippen molar-refractivity contribution in [1.82, 2.24) is 0 Å². The minimum atomic E-state index is -3.56. The summed E-state index contributed by atoms with van der Waals surface area (Å²) in [5.41, 5.74) is 1.76. The van der Waals surface area contributed by atoms with Gasteiger partial charge >= 0.3 is 0 Å². The van der Waals surface area contributed by atoms with Gasteiger partial charge in [0.2, 0.25) is 0 Å². The summed E-state index contributed by atoms with van der Waals surface area (Å²) in [7, 11) is -0.420. The van der Waals surface area contributed by atoms with Gasteiger partial charge in [0.05, 0.1) is 17.7 Å². The fourth-order valence-corrected chi connectivity index (χ4v) is 3.49.